The van der Waals surface area contributed by atoms with Crippen LogP contribution < -0.4 is 5.32 Å². The Hall–Kier alpha value is -2.28. The maximum absolute atomic E-state index is 13.4. The largest absolute Gasteiger partial charge is 0.347 e. The lowest BCUT2D eigenvalue weighted by Gasteiger charge is -2.28. The van der Waals surface area contributed by atoms with Gasteiger partial charge in [-0.15, -0.1) is 10.2 Å². The molecule has 6 nitrogen and oxygen atoms in total. The van der Waals surface area contributed by atoms with Gasteiger partial charge in [-0.05, 0) is 48.8 Å². The van der Waals surface area contributed by atoms with Crippen LogP contribution in [0, 0.1) is 17.7 Å². The number of nitrogens with one attached hydrogen (secondary N) is 1. The Bertz CT molecular complexity index is 862. The van der Waals surface area contributed by atoms with Crippen LogP contribution in [-0.4, -0.2) is 44.7 Å². The second kappa shape index (κ2) is 6.71. The lowest BCUT2D eigenvalue weighted by molar-refractivity contribution is 0.0898. The molecule has 2 fully saturated rings. The van der Waals surface area contributed by atoms with Crippen molar-refractivity contribution in [2.75, 3.05) is 13.1 Å². The number of likely N-dealkylation sites (tertiary alicyclic amines) is 1. The topological polar surface area (TPSA) is 63.1 Å². The summed E-state index contributed by atoms with van der Waals surface area (Å²) in [4.78, 5) is 14.9. The molecule has 7 heteroatoms. The number of carbonyl (C=O) groups is 1. The van der Waals surface area contributed by atoms with E-state index < -0.39 is 0 Å². The van der Waals surface area contributed by atoms with Gasteiger partial charge in [0.15, 0.2) is 0 Å². The number of carbonyl (C=O) groups excluding carboxylic acids is 1. The predicted octanol–water partition coefficient (Wildman–Crippen LogP) is 2.00. The van der Waals surface area contributed by atoms with Gasteiger partial charge in [0.25, 0.3) is 5.91 Å². The Morgan fingerprint density at radius 1 is 1.19 bits per heavy atom. The van der Waals surface area contributed by atoms with Gasteiger partial charge < -0.3 is 9.88 Å². The Balaban J connectivity index is 1.26. The van der Waals surface area contributed by atoms with Gasteiger partial charge in [-0.25, -0.2) is 4.39 Å². The number of benzene rings is 1. The summed E-state index contributed by atoms with van der Waals surface area (Å²) in [5.41, 5.74) is 1.01. The summed E-state index contributed by atoms with van der Waals surface area (Å²) in [6, 6.07) is 7.13. The van der Waals surface area contributed by atoms with E-state index in [0.29, 0.717) is 23.7 Å². The van der Waals surface area contributed by atoms with E-state index in [-0.39, 0.29) is 11.7 Å². The van der Waals surface area contributed by atoms with E-state index in [1.54, 1.807) is 12.1 Å². The molecular formula is C20H24FN5O. The fourth-order valence-electron chi connectivity index (χ4n) is 4.61. The summed E-state index contributed by atoms with van der Waals surface area (Å²) >= 11 is 0. The van der Waals surface area contributed by atoms with Gasteiger partial charge in [0.1, 0.15) is 11.6 Å². The molecule has 3 heterocycles. The molecule has 2 aromatic rings. The van der Waals surface area contributed by atoms with E-state index in [0.717, 1.165) is 56.8 Å². The van der Waals surface area contributed by atoms with Crippen molar-refractivity contribution in [2.45, 2.75) is 44.8 Å². The average molecular weight is 369 g/mol. The fourth-order valence-corrected chi connectivity index (χ4v) is 4.61. The van der Waals surface area contributed by atoms with E-state index in [4.69, 9.17) is 0 Å². The molecule has 2 atom stereocenters. The zero-order chi connectivity index (χ0) is 18.4. The quantitative estimate of drug-likeness (QED) is 0.896. The van der Waals surface area contributed by atoms with Crippen molar-refractivity contribution in [1.29, 1.82) is 0 Å². The highest BCUT2D eigenvalue weighted by Gasteiger charge is 2.39. The minimum atomic E-state index is -0.183. The number of hydrogen-bond acceptors (Lipinski definition) is 4. The maximum atomic E-state index is 13.4. The molecule has 1 aromatic heterocycles. The fraction of sp³-hybridized carbons (Fsp3) is 0.550. The van der Waals surface area contributed by atoms with Crippen LogP contribution in [0.4, 0.5) is 4.39 Å². The third kappa shape index (κ3) is 3.25. The van der Waals surface area contributed by atoms with Crippen LogP contribution in [-0.2, 0) is 19.5 Å². The first-order valence-electron chi connectivity index (χ1n) is 9.85. The summed E-state index contributed by atoms with van der Waals surface area (Å²) in [5, 5.41) is 11.5. The third-order valence-corrected chi connectivity index (χ3v) is 6.28. The lowest BCUT2D eigenvalue weighted by Crippen LogP contribution is -2.41. The van der Waals surface area contributed by atoms with Gasteiger partial charge in [0.2, 0.25) is 5.82 Å². The third-order valence-electron chi connectivity index (χ3n) is 6.28. The highest BCUT2D eigenvalue weighted by Crippen LogP contribution is 2.33. The van der Waals surface area contributed by atoms with Crippen molar-refractivity contribution in [3.8, 4) is 0 Å². The molecule has 1 aromatic carbocycles. The van der Waals surface area contributed by atoms with Crippen molar-refractivity contribution in [2.24, 2.45) is 11.8 Å². The number of fused-ring (bicyclic) bond motifs is 2. The van der Waals surface area contributed by atoms with Crippen molar-refractivity contribution in [3.63, 3.8) is 0 Å². The molecule has 1 aliphatic carbocycles. The number of rotatable bonds is 4. The van der Waals surface area contributed by atoms with Crippen molar-refractivity contribution < 1.29 is 9.18 Å². The standard InChI is InChI=1S/C20H24FN5O/c21-16-4-1-3-13(7-16)9-25-10-14-8-18-23-24-19(26(18)12-15(14)11-25)20(27)22-17-5-2-6-17/h1,3-4,7,14-15,17H,2,5-6,8-12H2,(H,22,27)/t14-,15-/m0/s1. The molecule has 1 N–H and O–H groups in total. The minimum absolute atomic E-state index is 0.0912. The van der Waals surface area contributed by atoms with E-state index >= 15 is 0 Å². The summed E-state index contributed by atoms with van der Waals surface area (Å²) in [5.74, 6) is 2.11. The maximum Gasteiger partial charge on any atom is 0.289 e. The first-order valence-corrected chi connectivity index (χ1v) is 9.85. The second-order valence-corrected chi connectivity index (χ2v) is 8.20. The molecule has 2 aliphatic heterocycles. The highest BCUT2D eigenvalue weighted by atomic mass is 19.1. The Kier molecular flexibility index (Phi) is 4.19. The van der Waals surface area contributed by atoms with Crippen molar-refractivity contribution >= 4 is 5.91 Å². The molecule has 0 unspecified atom stereocenters. The minimum Gasteiger partial charge on any atom is -0.347 e. The Labute approximate surface area is 157 Å². The molecular weight excluding hydrogens is 345 g/mol. The van der Waals surface area contributed by atoms with E-state index in [1.165, 1.54) is 12.5 Å². The van der Waals surface area contributed by atoms with Gasteiger partial charge in [-0.2, -0.15) is 0 Å². The highest BCUT2D eigenvalue weighted by molar-refractivity contribution is 5.91. The van der Waals surface area contributed by atoms with Crippen LogP contribution in [0.2, 0.25) is 0 Å². The lowest BCUT2D eigenvalue weighted by atomic mass is 9.89. The number of aromatic nitrogens is 3. The Morgan fingerprint density at radius 3 is 2.81 bits per heavy atom. The monoisotopic (exact) mass is 369 g/mol. The van der Waals surface area contributed by atoms with Crippen LogP contribution >= 0.6 is 0 Å². The molecule has 0 radical (unpaired) electrons. The summed E-state index contributed by atoms with van der Waals surface area (Å²) in [6.45, 7) is 3.50. The normalized spacial score (nSPS) is 24.9. The van der Waals surface area contributed by atoms with Crippen LogP contribution in [0.25, 0.3) is 0 Å². The summed E-state index contributed by atoms with van der Waals surface area (Å²) in [7, 11) is 0. The molecule has 0 bridgehead atoms. The average Bonchev–Trinajstić information content (AvgIpc) is 3.18. The van der Waals surface area contributed by atoms with Crippen LogP contribution in [0.1, 0.15) is 41.3 Å². The first-order chi connectivity index (χ1) is 13.2. The van der Waals surface area contributed by atoms with Crippen molar-refractivity contribution in [1.82, 2.24) is 25.0 Å². The Morgan fingerprint density at radius 2 is 2.04 bits per heavy atom. The van der Waals surface area contributed by atoms with E-state index in [1.807, 2.05) is 10.6 Å². The molecule has 1 saturated heterocycles. The SMILES string of the molecule is O=C(NC1CCC1)c1nnc2n1C[C@@H]1CN(Cc3cccc(F)c3)C[C@@H]1C2. The summed E-state index contributed by atoms with van der Waals surface area (Å²) in [6.07, 6.45) is 4.17. The van der Waals surface area contributed by atoms with E-state index in [2.05, 4.69) is 20.4 Å². The van der Waals surface area contributed by atoms with Gasteiger partial charge in [0, 0.05) is 38.6 Å². The molecule has 1 amide bonds. The molecule has 5 rings (SSSR count). The van der Waals surface area contributed by atoms with Gasteiger partial charge >= 0.3 is 0 Å². The zero-order valence-electron chi connectivity index (χ0n) is 15.3. The number of nitrogens with zero attached hydrogens (tertiary/aromatic N) is 4. The molecule has 0 spiro atoms. The van der Waals surface area contributed by atoms with Gasteiger partial charge in [0.05, 0.1) is 0 Å². The predicted molar refractivity (Wildman–Crippen MR) is 97.5 cm³/mol. The van der Waals surface area contributed by atoms with Gasteiger partial charge in [-0.3, -0.25) is 9.69 Å². The second-order valence-electron chi connectivity index (χ2n) is 8.20. The van der Waals surface area contributed by atoms with Crippen LogP contribution in [0.3, 0.4) is 0 Å². The number of hydrogen-bond donors (Lipinski definition) is 1. The smallest absolute Gasteiger partial charge is 0.289 e. The van der Waals surface area contributed by atoms with Crippen LogP contribution in [0.15, 0.2) is 24.3 Å². The zero-order valence-corrected chi connectivity index (χ0v) is 15.3. The first kappa shape index (κ1) is 16.9. The van der Waals surface area contributed by atoms with Crippen molar-refractivity contribution in [3.05, 3.63) is 47.3 Å². The molecule has 142 valence electrons. The van der Waals surface area contributed by atoms with Crippen LogP contribution in [0.5, 0.6) is 0 Å². The van der Waals surface area contributed by atoms with E-state index in [9.17, 15) is 9.18 Å². The molecule has 1 saturated carbocycles. The number of halogens is 1. The molecule has 27 heavy (non-hydrogen) atoms. The van der Waals surface area contributed by atoms with Gasteiger partial charge in [-0.1, -0.05) is 12.1 Å². The number of amides is 1. The summed E-state index contributed by atoms with van der Waals surface area (Å²) < 4.78 is 15.5. The molecule has 3 aliphatic rings.